The van der Waals surface area contributed by atoms with Gasteiger partial charge < -0.3 is 14.8 Å². The maximum atomic E-state index is 12.9. The van der Waals surface area contributed by atoms with Crippen LogP contribution in [0.5, 0.6) is 0 Å². The molecular weight excluding hydrogens is 382 g/mol. The molecule has 1 N–H and O–H groups in total. The van der Waals surface area contributed by atoms with E-state index < -0.39 is 0 Å². The first-order valence-corrected chi connectivity index (χ1v) is 11.1. The van der Waals surface area contributed by atoms with Gasteiger partial charge in [0, 0.05) is 32.6 Å². The minimum Gasteiger partial charge on any atom is -0.355 e. The molecule has 6 heteroatoms. The molecule has 1 saturated heterocycles. The standard InChI is InChI=1S/C23H27N3O2S/c1-16(17-6-4-3-5-7-17)15-24-22(27)18-8-11-26(12-9-18)23(28)20-14-21-19(25(20)2)10-13-29-21/h3-7,10,13-14,16,18H,8-9,11-12,15H2,1-2H3,(H,24,27)/t16-/m0/s1. The zero-order valence-electron chi connectivity index (χ0n) is 16.9. The van der Waals surface area contributed by atoms with Crippen molar-refractivity contribution in [3.63, 3.8) is 0 Å². The van der Waals surface area contributed by atoms with Crippen LogP contribution in [0.1, 0.15) is 41.7 Å². The van der Waals surface area contributed by atoms with Crippen molar-refractivity contribution in [2.45, 2.75) is 25.7 Å². The third kappa shape index (κ3) is 4.08. The molecule has 0 spiro atoms. The third-order valence-electron chi connectivity index (χ3n) is 5.99. The van der Waals surface area contributed by atoms with Gasteiger partial charge in [-0.25, -0.2) is 0 Å². The number of benzene rings is 1. The summed E-state index contributed by atoms with van der Waals surface area (Å²) in [6.45, 7) is 4.03. The summed E-state index contributed by atoms with van der Waals surface area (Å²) < 4.78 is 3.11. The first kappa shape index (κ1) is 19.7. The second kappa shape index (κ2) is 8.41. The van der Waals surface area contributed by atoms with Gasteiger partial charge in [0.1, 0.15) is 5.69 Å². The Balaban J connectivity index is 1.29. The zero-order valence-corrected chi connectivity index (χ0v) is 17.7. The average Bonchev–Trinajstić information content (AvgIpc) is 3.35. The Labute approximate surface area is 175 Å². The van der Waals surface area contributed by atoms with E-state index in [2.05, 4.69) is 24.4 Å². The van der Waals surface area contributed by atoms with Gasteiger partial charge >= 0.3 is 0 Å². The number of aryl methyl sites for hydroxylation is 1. The van der Waals surface area contributed by atoms with Crippen LogP contribution >= 0.6 is 11.3 Å². The molecule has 29 heavy (non-hydrogen) atoms. The zero-order chi connectivity index (χ0) is 20.4. The SMILES string of the molecule is C[C@@H](CNC(=O)C1CCN(C(=O)c2cc3sccc3n2C)CC1)c1ccccc1. The van der Waals surface area contributed by atoms with Crippen molar-refractivity contribution in [1.29, 1.82) is 0 Å². The molecule has 0 aliphatic carbocycles. The normalized spacial score (nSPS) is 16.1. The van der Waals surface area contributed by atoms with E-state index in [1.807, 2.05) is 52.2 Å². The van der Waals surface area contributed by atoms with E-state index in [1.165, 1.54) is 5.56 Å². The number of hydrogen-bond acceptors (Lipinski definition) is 3. The van der Waals surface area contributed by atoms with Gasteiger partial charge in [-0.15, -0.1) is 11.3 Å². The van der Waals surface area contributed by atoms with E-state index in [0.29, 0.717) is 19.6 Å². The Bertz CT molecular complexity index is 1000. The summed E-state index contributed by atoms with van der Waals surface area (Å²) in [5.74, 6) is 0.443. The van der Waals surface area contributed by atoms with Gasteiger partial charge in [0.25, 0.3) is 5.91 Å². The number of thiophene rings is 1. The fourth-order valence-electron chi connectivity index (χ4n) is 4.06. The fraction of sp³-hybridized carbons (Fsp3) is 0.391. The number of aromatic nitrogens is 1. The maximum absolute atomic E-state index is 12.9. The molecule has 1 aromatic carbocycles. The Morgan fingerprint density at radius 1 is 1.17 bits per heavy atom. The molecule has 0 unspecified atom stereocenters. The predicted molar refractivity (Wildman–Crippen MR) is 117 cm³/mol. The Morgan fingerprint density at radius 2 is 1.90 bits per heavy atom. The number of amides is 2. The van der Waals surface area contributed by atoms with Gasteiger partial charge in [0.2, 0.25) is 5.91 Å². The predicted octanol–water partition coefficient (Wildman–Crippen LogP) is 4.01. The monoisotopic (exact) mass is 409 g/mol. The Kier molecular flexibility index (Phi) is 5.72. The van der Waals surface area contributed by atoms with E-state index in [0.717, 1.165) is 28.8 Å². The molecule has 5 nitrogen and oxygen atoms in total. The molecule has 1 fully saturated rings. The third-order valence-corrected chi connectivity index (χ3v) is 6.84. The van der Waals surface area contributed by atoms with Crippen LogP contribution < -0.4 is 5.32 Å². The van der Waals surface area contributed by atoms with E-state index in [4.69, 9.17) is 0 Å². The smallest absolute Gasteiger partial charge is 0.270 e. The van der Waals surface area contributed by atoms with Crippen LogP contribution in [0.2, 0.25) is 0 Å². The quantitative estimate of drug-likeness (QED) is 0.692. The van der Waals surface area contributed by atoms with E-state index in [9.17, 15) is 9.59 Å². The minimum absolute atomic E-state index is 0.0149. The van der Waals surface area contributed by atoms with Crippen LogP contribution in [-0.4, -0.2) is 40.9 Å². The van der Waals surface area contributed by atoms with Crippen molar-refractivity contribution >= 4 is 33.4 Å². The molecule has 0 bridgehead atoms. The van der Waals surface area contributed by atoms with Gasteiger partial charge in [-0.2, -0.15) is 0 Å². The first-order valence-electron chi connectivity index (χ1n) is 10.2. The summed E-state index contributed by atoms with van der Waals surface area (Å²) in [5, 5.41) is 5.15. The number of fused-ring (bicyclic) bond motifs is 1. The highest BCUT2D eigenvalue weighted by Crippen LogP contribution is 2.26. The fourth-order valence-corrected chi connectivity index (χ4v) is 4.91. The van der Waals surface area contributed by atoms with Crippen molar-refractivity contribution in [1.82, 2.24) is 14.8 Å². The molecule has 0 radical (unpaired) electrons. The number of rotatable bonds is 5. The van der Waals surface area contributed by atoms with E-state index in [-0.39, 0.29) is 23.7 Å². The molecule has 2 aromatic heterocycles. The second-order valence-electron chi connectivity index (χ2n) is 7.88. The highest BCUT2D eigenvalue weighted by molar-refractivity contribution is 7.17. The summed E-state index contributed by atoms with van der Waals surface area (Å²) in [5.41, 5.74) is 3.06. The second-order valence-corrected chi connectivity index (χ2v) is 8.83. The molecule has 0 saturated carbocycles. The molecular formula is C23H27N3O2S. The number of likely N-dealkylation sites (tertiary alicyclic amines) is 1. The summed E-state index contributed by atoms with van der Waals surface area (Å²) in [6, 6.07) is 14.3. The minimum atomic E-state index is -0.0149. The average molecular weight is 410 g/mol. The Hall–Kier alpha value is -2.60. The molecule has 1 aliphatic rings. The highest BCUT2D eigenvalue weighted by atomic mass is 32.1. The Morgan fingerprint density at radius 3 is 2.59 bits per heavy atom. The van der Waals surface area contributed by atoms with Gasteiger partial charge in [-0.1, -0.05) is 37.3 Å². The van der Waals surface area contributed by atoms with Crippen LogP contribution in [0, 0.1) is 5.92 Å². The molecule has 3 heterocycles. The summed E-state index contributed by atoms with van der Waals surface area (Å²) in [4.78, 5) is 27.4. The van der Waals surface area contributed by atoms with Crippen LogP contribution in [-0.2, 0) is 11.8 Å². The number of carbonyl (C=O) groups excluding carboxylic acids is 2. The van der Waals surface area contributed by atoms with Crippen LogP contribution in [0.15, 0.2) is 47.8 Å². The highest BCUT2D eigenvalue weighted by Gasteiger charge is 2.29. The topological polar surface area (TPSA) is 54.3 Å². The van der Waals surface area contributed by atoms with E-state index >= 15 is 0 Å². The molecule has 2 amide bonds. The lowest BCUT2D eigenvalue weighted by Gasteiger charge is -2.31. The van der Waals surface area contributed by atoms with Gasteiger partial charge in [-0.05, 0) is 41.8 Å². The van der Waals surface area contributed by atoms with Crippen LogP contribution in [0.3, 0.4) is 0 Å². The number of nitrogens with zero attached hydrogens (tertiary/aromatic N) is 2. The van der Waals surface area contributed by atoms with Crippen molar-refractivity contribution in [2.24, 2.45) is 13.0 Å². The van der Waals surface area contributed by atoms with Crippen LogP contribution in [0.25, 0.3) is 10.2 Å². The molecule has 152 valence electrons. The summed E-state index contributed by atoms with van der Waals surface area (Å²) in [6.07, 6.45) is 1.44. The molecule has 4 rings (SSSR count). The van der Waals surface area contributed by atoms with Gasteiger partial charge in [0.15, 0.2) is 0 Å². The first-order chi connectivity index (χ1) is 14.0. The van der Waals surface area contributed by atoms with Gasteiger partial charge in [-0.3, -0.25) is 9.59 Å². The van der Waals surface area contributed by atoms with Crippen LogP contribution in [0.4, 0.5) is 0 Å². The lowest BCUT2D eigenvalue weighted by molar-refractivity contribution is -0.126. The van der Waals surface area contributed by atoms with Crippen molar-refractivity contribution in [2.75, 3.05) is 19.6 Å². The lowest BCUT2D eigenvalue weighted by Crippen LogP contribution is -2.43. The van der Waals surface area contributed by atoms with Crippen molar-refractivity contribution in [3.05, 3.63) is 59.1 Å². The summed E-state index contributed by atoms with van der Waals surface area (Å²) >= 11 is 1.65. The molecule has 1 atom stereocenters. The summed E-state index contributed by atoms with van der Waals surface area (Å²) in [7, 11) is 1.94. The maximum Gasteiger partial charge on any atom is 0.270 e. The largest absolute Gasteiger partial charge is 0.355 e. The number of carbonyl (C=O) groups is 2. The number of piperidine rings is 1. The van der Waals surface area contributed by atoms with Crippen molar-refractivity contribution < 1.29 is 9.59 Å². The van der Waals surface area contributed by atoms with Gasteiger partial charge in [0.05, 0.1) is 10.2 Å². The molecule has 1 aliphatic heterocycles. The van der Waals surface area contributed by atoms with E-state index in [1.54, 1.807) is 11.3 Å². The number of hydrogen-bond donors (Lipinski definition) is 1. The molecule has 3 aromatic rings. The number of nitrogens with one attached hydrogen (secondary N) is 1. The lowest BCUT2D eigenvalue weighted by atomic mass is 9.95. The van der Waals surface area contributed by atoms with Crippen molar-refractivity contribution in [3.8, 4) is 0 Å².